The normalized spacial score (nSPS) is 28.5. The average Bonchev–Trinajstić information content (AvgIpc) is 3.06. The number of ether oxygens (including phenoxy) is 1. The van der Waals surface area contributed by atoms with Gasteiger partial charge in [-0.1, -0.05) is 0 Å². The highest BCUT2D eigenvalue weighted by atomic mass is 32.1. The zero-order valence-corrected chi connectivity index (χ0v) is 17.0. The number of carbonyl (C=O) groups is 3. The highest BCUT2D eigenvalue weighted by Gasteiger charge is 2.50. The average molecular weight is 406 g/mol. The van der Waals surface area contributed by atoms with E-state index in [2.05, 4.69) is 5.32 Å². The summed E-state index contributed by atoms with van der Waals surface area (Å²) in [6.07, 6.45) is 7.46. The number of aryl methyl sites for hydroxylation is 1. The first kappa shape index (κ1) is 19.4. The van der Waals surface area contributed by atoms with Crippen molar-refractivity contribution in [2.45, 2.75) is 58.3 Å². The molecule has 152 valence electrons. The Kier molecular flexibility index (Phi) is 5.45. The van der Waals surface area contributed by atoms with Crippen LogP contribution < -0.4 is 5.32 Å². The Morgan fingerprint density at radius 3 is 2.36 bits per heavy atom. The summed E-state index contributed by atoms with van der Waals surface area (Å²) >= 11 is 1.46. The number of aliphatic carboxylic acids is 1. The molecule has 3 fully saturated rings. The molecule has 0 aromatic carbocycles. The van der Waals surface area contributed by atoms with Crippen LogP contribution in [-0.4, -0.2) is 29.6 Å². The van der Waals surface area contributed by atoms with Crippen molar-refractivity contribution in [2.24, 2.45) is 23.7 Å². The summed E-state index contributed by atoms with van der Waals surface area (Å²) in [5, 5.41) is 13.2. The SMILES string of the molecule is CCOC(=O)c1c(NC(=O)[C@@H]2C3CCC(CC3)[C@@H]2C(=O)O)sc2c1CCCC2. The second-order valence-corrected chi connectivity index (χ2v) is 9.29. The van der Waals surface area contributed by atoms with Crippen molar-refractivity contribution in [3.8, 4) is 0 Å². The molecule has 7 heteroatoms. The fourth-order valence-electron chi connectivity index (χ4n) is 5.45. The smallest absolute Gasteiger partial charge is 0.341 e. The lowest BCUT2D eigenvalue weighted by atomic mass is 9.58. The summed E-state index contributed by atoms with van der Waals surface area (Å²) in [6.45, 7) is 2.05. The monoisotopic (exact) mass is 405 g/mol. The molecule has 3 saturated carbocycles. The number of carboxylic acids is 1. The fraction of sp³-hybridized carbons (Fsp3) is 0.667. The van der Waals surface area contributed by atoms with Gasteiger partial charge in [-0.3, -0.25) is 9.59 Å². The molecule has 0 spiro atoms. The van der Waals surface area contributed by atoms with Gasteiger partial charge in [0.1, 0.15) is 5.00 Å². The number of nitrogens with one attached hydrogen (secondary N) is 1. The van der Waals surface area contributed by atoms with Gasteiger partial charge >= 0.3 is 11.9 Å². The van der Waals surface area contributed by atoms with Gasteiger partial charge in [-0.05, 0) is 75.7 Å². The Labute approximate surface area is 168 Å². The summed E-state index contributed by atoms with van der Waals surface area (Å²) < 4.78 is 5.25. The van der Waals surface area contributed by atoms with Crippen LogP contribution in [0.3, 0.4) is 0 Å². The number of carbonyl (C=O) groups excluding carboxylic acids is 2. The van der Waals surface area contributed by atoms with Crippen LogP contribution in [0.4, 0.5) is 5.00 Å². The largest absolute Gasteiger partial charge is 0.481 e. The molecule has 2 N–H and O–H groups in total. The third-order valence-corrected chi connectivity index (χ3v) is 7.90. The van der Waals surface area contributed by atoms with Gasteiger partial charge in [-0.25, -0.2) is 4.79 Å². The highest BCUT2D eigenvalue weighted by molar-refractivity contribution is 7.17. The Morgan fingerprint density at radius 2 is 1.71 bits per heavy atom. The van der Waals surface area contributed by atoms with Gasteiger partial charge in [-0.2, -0.15) is 0 Å². The predicted molar refractivity (Wildman–Crippen MR) is 106 cm³/mol. The number of rotatable bonds is 5. The number of fused-ring (bicyclic) bond motifs is 4. The molecule has 2 atom stereocenters. The Balaban J connectivity index is 1.63. The predicted octanol–water partition coefficient (Wildman–Crippen LogP) is 3.88. The summed E-state index contributed by atoms with van der Waals surface area (Å²) in [5.41, 5.74) is 1.49. The lowest BCUT2D eigenvalue weighted by molar-refractivity contribution is -0.156. The molecule has 1 aromatic rings. The Morgan fingerprint density at radius 1 is 1.07 bits per heavy atom. The van der Waals surface area contributed by atoms with Crippen LogP contribution in [0.25, 0.3) is 0 Å². The number of hydrogen-bond donors (Lipinski definition) is 2. The maximum absolute atomic E-state index is 13.2. The molecule has 28 heavy (non-hydrogen) atoms. The second-order valence-electron chi connectivity index (χ2n) is 8.19. The van der Waals surface area contributed by atoms with E-state index in [1.54, 1.807) is 6.92 Å². The fourth-order valence-corrected chi connectivity index (χ4v) is 6.73. The van der Waals surface area contributed by atoms with Crippen molar-refractivity contribution in [2.75, 3.05) is 11.9 Å². The molecule has 4 aliphatic rings. The molecule has 0 saturated heterocycles. The van der Waals surface area contributed by atoms with Gasteiger partial charge in [0, 0.05) is 4.88 Å². The van der Waals surface area contributed by atoms with Crippen LogP contribution >= 0.6 is 11.3 Å². The third-order valence-electron chi connectivity index (χ3n) is 6.69. The summed E-state index contributed by atoms with van der Waals surface area (Å²) in [7, 11) is 0. The number of hydrogen-bond acceptors (Lipinski definition) is 5. The zero-order valence-electron chi connectivity index (χ0n) is 16.2. The minimum Gasteiger partial charge on any atom is -0.481 e. The third kappa shape index (κ3) is 3.34. The number of esters is 1. The lowest BCUT2D eigenvalue weighted by Gasteiger charge is -2.45. The number of anilines is 1. The van der Waals surface area contributed by atoms with Crippen LogP contribution in [0.5, 0.6) is 0 Å². The summed E-state index contributed by atoms with van der Waals surface area (Å²) in [6, 6.07) is 0. The van der Waals surface area contributed by atoms with E-state index in [9.17, 15) is 19.5 Å². The molecule has 0 aliphatic heterocycles. The minimum absolute atomic E-state index is 0.0827. The first-order valence-corrected chi connectivity index (χ1v) is 11.2. The van der Waals surface area contributed by atoms with E-state index in [4.69, 9.17) is 4.74 Å². The molecular weight excluding hydrogens is 378 g/mol. The molecule has 0 unspecified atom stereocenters. The van der Waals surface area contributed by atoms with Crippen LogP contribution in [0.15, 0.2) is 0 Å². The van der Waals surface area contributed by atoms with E-state index in [1.807, 2.05) is 0 Å². The van der Waals surface area contributed by atoms with Crippen molar-refractivity contribution in [3.05, 3.63) is 16.0 Å². The molecule has 1 amide bonds. The van der Waals surface area contributed by atoms with Gasteiger partial charge in [0.25, 0.3) is 0 Å². The van der Waals surface area contributed by atoms with Crippen LogP contribution in [0.2, 0.25) is 0 Å². The molecule has 1 heterocycles. The van der Waals surface area contributed by atoms with Gasteiger partial charge in [0.05, 0.1) is 24.0 Å². The standard InChI is InChI=1S/C21H27NO5S/c1-2-27-21(26)17-13-5-3-4-6-14(13)28-19(17)22-18(23)15-11-7-9-12(10-8-11)16(15)20(24)25/h11-12,15-16H,2-10H2,1H3,(H,22,23)(H,24,25)/t11?,12?,15-,16+/m1/s1. The summed E-state index contributed by atoms with van der Waals surface area (Å²) in [5.74, 6) is -2.44. The van der Waals surface area contributed by atoms with Crippen molar-refractivity contribution >= 4 is 34.2 Å². The van der Waals surface area contributed by atoms with Crippen molar-refractivity contribution in [1.82, 2.24) is 0 Å². The second kappa shape index (κ2) is 7.85. The maximum Gasteiger partial charge on any atom is 0.341 e. The molecule has 5 rings (SSSR count). The maximum atomic E-state index is 13.2. The van der Waals surface area contributed by atoms with E-state index < -0.39 is 23.8 Å². The van der Waals surface area contributed by atoms with Gasteiger partial charge in [0.2, 0.25) is 5.91 Å². The zero-order chi connectivity index (χ0) is 19.8. The van der Waals surface area contributed by atoms with Crippen LogP contribution in [-0.2, 0) is 27.2 Å². The van der Waals surface area contributed by atoms with Crippen LogP contribution in [0, 0.1) is 23.7 Å². The minimum atomic E-state index is -0.870. The van der Waals surface area contributed by atoms with Crippen molar-refractivity contribution < 1.29 is 24.2 Å². The number of thiophene rings is 1. The number of amides is 1. The molecule has 6 nitrogen and oxygen atoms in total. The van der Waals surface area contributed by atoms with Crippen molar-refractivity contribution in [3.63, 3.8) is 0 Å². The van der Waals surface area contributed by atoms with E-state index >= 15 is 0 Å². The Hall–Kier alpha value is -1.89. The number of carboxylic acid groups (broad SMARTS) is 1. The molecular formula is C21H27NO5S. The first-order valence-electron chi connectivity index (χ1n) is 10.4. The van der Waals surface area contributed by atoms with Gasteiger partial charge in [0.15, 0.2) is 0 Å². The molecule has 1 aromatic heterocycles. The van der Waals surface area contributed by atoms with Crippen molar-refractivity contribution in [1.29, 1.82) is 0 Å². The first-order chi connectivity index (χ1) is 13.5. The highest BCUT2D eigenvalue weighted by Crippen LogP contribution is 2.49. The van der Waals surface area contributed by atoms with Gasteiger partial charge in [-0.15, -0.1) is 11.3 Å². The molecule has 2 bridgehead atoms. The van der Waals surface area contributed by atoms with E-state index in [-0.39, 0.29) is 24.3 Å². The quantitative estimate of drug-likeness (QED) is 0.725. The lowest BCUT2D eigenvalue weighted by Crippen LogP contribution is -2.49. The van der Waals surface area contributed by atoms with E-state index in [1.165, 1.54) is 11.3 Å². The molecule has 4 aliphatic carbocycles. The topological polar surface area (TPSA) is 92.7 Å². The van der Waals surface area contributed by atoms with E-state index in [0.29, 0.717) is 10.6 Å². The van der Waals surface area contributed by atoms with E-state index in [0.717, 1.165) is 61.8 Å². The molecule has 0 radical (unpaired) electrons. The van der Waals surface area contributed by atoms with Crippen LogP contribution in [0.1, 0.15) is 66.2 Å². The Bertz CT molecular complexity index is 793. The summed E-state index contributed by atoms with van der Waals surface area (Å²) in [4.78, 5) is 38.8. The van der Waals surface area contributed by atoms with Gasteiger partial charge < -0.3 is 15.2 Å².